The van der Waals surface area contributed by atoms with Crippen molar-refractivity contribution in [3.8, 4) is 0 Å². The van der Waals surface area contributed by atoms with Crippen LogP contribution in [0.4, 0.5) is 0 Å². The third kappa shape index (κ3) is 4.44. The lowest BCUT2D eigenvalue weighted by molar-refractivity contribution is -0.135. The Morgan fingerprint density at radius 1 is 1.24 bits per heavy atom. The molecule has 1 aromatic heterocycles. The van der Waals surface area contributed by atoms with Gasteiger partial charge in [-0.15, -0.1) is 0 Å². The molecule has 5 nitrogen and oxygen atoms in total. The molecule has 1 amide bonds. The summed E-state index contributed by atoms with van der Waals surface area (Å²) in [6.45, 7) is 4.12. The molecule has 0 aliphatic carbocycles. The second kappa shape index (κ2) is 8.23. The zero-order valence-electron chi connectivity index (χ0n) is 14.6. The average Bonchev–Trinajstić information content (AvgIpc) is 3.17. The summed E-state index contributed by atoms with van der Waals surface area (Å²) in [5, 5.41) is 14.1. The number of nitrogens with one attached hydrogen (secondary N) is 1. The Labute approximate surface area is 148 Å². The molecule has 0 saturated carbocycles. The smallest absolute Gasteiger partial charge is 0.242 e. The van der Waals surface area contributed by atoms with E-state index in [1.165, 1.54) is 5.56 Å². The van der Waals surface area contributed by atoms with Crippen molar-refractivity contribution < 1.29 is 9.90 Å². The molecule has 2 atom stereocenters. The van der Waals surface area contributed by atoms with Gasteiger partial charge in [-0.05, 0) is 43.0 Å². The molecule has 2 heterocycles. The summed E-state index contributed by atoms with van der Waals surface area (Å²) in [6.07, 6.45) is 4.43. The topological polar surface area (TPSA) is 65.5 Å². The maximum absolute atomic E-state index is 12.9. The predicted molar refractivity (Wildman–Crippen MR) is 96.8 cm³/mol. The third-order valence-electron chi connectivity index (χ3n) is 4.66. The SMILES string of the molecule is Cc1cccc(CN[C@@H](C(=O)N2CCCC2)[C@@H](O)c2ccncc2)c1. The van der Waals surface area contributed by atoms with Crippen molar-refractivity contribution in [2.24, 2.45) is 0 Å². The summed E-state index contributed by atoms with van der Waals surface area (Å²) in [4.78, 5) is 18.8. The quantitative estimate of drug-likeness (QED) is 0.847. The Balaban J connectivity index is 1.77. The van der Waals surface area contributed by atoms with Crippen LogP contribution in [0.1, 0.15) is 35.6 Å². The second-order valence-electron chi connectivity index (χ2n) is 6.61. The molecule has 2 aromatic rings. The van der Waals surface area contributed by atoms with E-state index in [4.69, 9.17) is 0 Å². The molecule has 1 aliphatic heterocycles. The van der Waals surface area contributed by atoms with Crippen LogP contribution in [0.15, 0.2) is 48.8 Å². The standard InChI is InChI=1S/C20H25N3O2/c1-15-5-4-6-16(13-15)14-22-18(20(25)23-11-2-3-12-23)19(24)17-7-9-21-10-8-17/h4-10,13,18-19,22,24H,2-3,11-12,14H2,1H3/t18-,19+/m1/s1. The number of hydrogen-bond donors (Lipinski definition) is 2. The minimum absolute atomic E-state index is 0.0329. The number of nitrogens with zero attached hydrogens (tertiary/aromatic N) is 2. The van der Waals surface area contributed by atoms with Gasteiger partial charge in [-0.1, -0.05) is 29.8 Å². The molecule has 1 saturated heterocycles. The summed E-state index contributed by atoms with van der Waals surface area (Å²) >= 11 is 0. The van der Waals surface area contributed by atoms with Gasteiger partial charge in [0, 0.05) is 32.0 Å². The van der Waals surface area contributed by atoms with E-state index in [2.05, 4.69) is 16.4 Å². The van der Waals surface area contributed by atoms with E-state index in [1.807, 2.05) is 30.0 Å². The molecular formula is C20H25N3O2. The first-order valence-electron chi connectivity index (χ1n) is 8.81. The van der Waals surface area contributed by atoms with Crippen molar-refractivity contribution in [1.82, 2.24) is 15.2 Å². The first-order chi connectivity index (χ1) is 12.1. The minimum Gasteiger partial charge on any atom is -0.386 e. The van der Waals surface area contributed by atoms with Crippen molar-refractivity contribution >= 4 is 5.91 Å². The predicted octanol–water partition coefficient (Wildman–Crippen LogP) is 2.20. The molecule has 3 rings (SSSR count). The molecular weight excluding hydrogens is 314 g/mol. The molecule has 1 aromatic carbocycles. The highest BCUT2D eigenvalue weighted by Crippen LogP contribution is 2.20. The lowest BCUT2D eigenvalue weighted by Crippen LogP contribution is -2.48. The monoisotopic (exact) mass is 339 g/mol. The Kier molecular flexibility index (Phi) is 5.79. The number of aliphatic hydroxyl groups excluding tert-OH is 1. The van der Waals surface area contributed by atoms with E-state index < -0.39 is 12.1 Å². The molecule has 5 heteroatoms. The average molecular weight is 339 g/mol. The number of aliphatic hydroxyl groups is 1. The molecule has 1 aliphatic rings. The molecule has 132 valence electrons. The van der Waals surface area contributed by atoms with Gasteiger partial charge in [0.05, 0.1) is 0 Å². The number of amides is 1. The zero-order valence-corrected chi connectivity index (χ0v) is 14.6. The van der Waals surface area contributed by atoms with E-state index in [-0.39, 0.29) is 5.91 Å². The molecule has 25 heavy (non-hydrogen) atoms. The summed E-state index contributed by atoms with van der Waals surface area (Å²) in [7, 11) is 0. The number of carbonyl (C=O) groups is 1. The van der Waals surface area contributed by atoms with Crippen molar-refractivity contribution in [2.45, 2.75) is 38.5 Å². The van der Waals surface area contributed by atoms with Crippen molar-refractivity contribution in [3.05, 3.63) is 65.5 Å². The fourth-order valence-corrected chi connectivity index (χ4v) is 3.27. The van der Waals surface area contributed by atoms with Crippen LogP contribution >= 0.6 is 0 Å². The van der Waals surface area contributed by atoms with Gasteiger partial charge >= 0.3 is 0 Å². The van der Waals surface area contributed by atoms with Crippen molar-refractivity contribution in [2.75, 3.05) is 13.1 Å². The van der Waals surface area contributed by atoms with Crippen LogP contribution in [0.5, 0.6) is 0 Å². The molecule has 1 fully saturated rings. The summed E-state index contributed by atoms with van der Waals surface area (Å²) in [5.74, 6) is -0.0329. The number of aryl methyl sites for hydroxylation is 1. The van der Waals surface area contributed by atoms with Crippen LogP contribution < -0.4 is 5.32 Å². The number of carbonyl (C=O) groups excluding carboxylic acids is 1. The van der Waals surface area contributed by atoms with Gasteiger partial charge in [-0.3, -0.25) is 15.1 Å². The lowest BCUT2D eigenvalue weighted by atomic mass is 10.0. The van der Waals surface area contributed by atoms with Gasteiger partial charge in [-0.2, -0.15) is 0 Å². The number of rotatable bonds is 6. The maximum Gasteiger partial charge on any atom is 0.242 e. The van der Waals surface area contributed by atoms with Crippen molar-refractivity contribution in [3.63, 3.8) is 0 Å². The molecule has 2 N–H and O–H groups in total. The van der Waals surface area contributed by atoms with Gasteiger partial charge in [0.1, 0.15) is 12.1 Å². The Hall–Kier alpha value is -2.24. The van der Waals surface area contributed by atoms with Crippen LogP contribution in [0.25, 0.3) is 0 Å². The molecule has 0 spiro atoms. The lowest BCUT2D eigenvalue weighted by Gasteiger charge is -2.28. The van der Waals surface area contributed by atoms with Gasteiger partial charge in [0.15, 0.2) is 0 Å². The van der Waals surface area contributed by atoms with Crippen LogP contribution in [0, 0.1) is 6.92 Å². The highest BCUT2D eigenvalue weighted by atomic mass is 16.3. The minimum atomic E-state index is -0.902. The Bertz CT molecular complexity index is 699. The van der Waals surface area contributed by atoms with Gasteiger partial charge < -0.3 is 10.0 Å². The number of likely N-dealkylation sites (tertiary alicyclic amines) is 1. The highest BCUT2D eigenvalue weighted by Gasteiger charge is 2.32. The first kappa shape index (κ1) is 17.6. The zero-order chi connectivity index (χ0) is 17.6. The van der Waals surface area contributed by atoms with Crippen molar-refractivity contribution in [1.29, 1.82) is 0 Å². The third-order valence-corrected chi connectivity index (χ3v) is 4.66. The molecule has 0 unspecified atom stereocenters. The summed E-state index contributed by atoms with van der Waals surface area (Å²) in [5.41, 5.74) is 2.97. The van der Waals surface area contributed by atoms with Gasteiger partial charge in [-0.25, -0.2) is 0 Å². The van der Waals surface area contributed by atoms with E-state index in [1.54, 1.807) is 24.5 Å². The van der Waals surface area contributed by atoms with E-state index in [0.717, 1.165) is 31.5 Å². The van der Waals surface area contributed by atoms with Crippen LogP contribution in [0.2, 0.25) is 0 Å². The van der Waals surface area contributed by atoms with E-state index in [9.17, 15) is 9.90 Å². The largest absolute Gasteiger partial charge is 0.386 e. The Morgan fingerprint density at radius 3 is 2.64 bits per heavy atom. The van der Waals surface area contributed by atoms with Gasteiger partial charge in [0.25, 0.3) is 0 Å². The number of benzene rings is 1. The maximum atomic E-state index is 12.9. The fraction of sp³-hybridized carbons (Fsp3) is 0.400. The summed E-state index contributed by atoms with van der Waals surface area (Å²) < 4.78 is 0. The van der Waals surface area contributed by atoms with E-state index >= 15 is 0 Å². The van der Waals surface area contributed by atoms with Crippen LogP contribution in [0.3, 0.4) is 0 Å². The summed E-state index contributed by atoms with van der Waals surface area (Å²) in [6, 6.07) is 11.0. The fourth-order valence-electron chi connectivity index (χ4n) is 3.27. The number of aromatic nitrogens is 1. The first-order valence-corrected chi connectivity index (χ1v) is 8.81. The normalized spacial score (nSPS) is 16.6. The second-order valence-corrected chi connectivity index (χ2v) is 6.61. The van der Waals surface area contributed by atoms with Crippen LogP contribution in [-0.2, 0) is 11.3 Å². The molecule has 0 radical (unpaired) electrons. The number of hydrogen-bond acceptors (Lipinski definition) is 4. The number of pyridine rings is 1. The van der Waals surface area contributed by atoms with E-state index in [0.29, 0.717) is 12.1 Å². The molecule has 0 bridgehead atoms. The Morgan fingerprint density at radius 2 is 1.96 bits per heavy atom. The van der Waals surface area contributed by atoms with Gasteiger partial charge in [0.2, 0.25) is 5.91 Å². The van der Waals surface area contributed by atoms with Crippen LogP contribution in [-0.4, -0.2) is 40.0 Å². The highest BCUT2D eigenvalue weighted by molar-refractivity contribution is 5.83.